The van der Waals surface area contributed by atoms with Crippen molar-refractivity contribution in [2.24, 2.45) is 0 Å². The fraction of sp³-hybridized carbons (Fsp3) is 0.375. The zero-order valence-corrected chi connectivity index (χ0v) is 9.28. The second-order valence-electron chi connectivity index (χ2n) is 2.08. The Bertz CT molecular complexity index is 299. The number of alkyl halides is 3. The van der Waals surface area contributed by atoms with E-state index in [1.54, 1.807) is 0 Å². The first kappa shape index (κ1) is 13.2. The fourth-order valence-electron chi connectivity index (χ4n) is 0.677. The summed E-state index contributed by atoms with van der Waals surface area (Å²) >= 11 is 2.87. The van der Waals surface area contributed by atoms with Crippen molar-refractivity contribution in [3.05, 3.63) is 22.3 Å². The molecule has 0 unspecified atom stereocenters. The predicted octanol–water partition coefficient (Wildman–Crippen LogP) is 3.47. The number of nitrogens with two attached hydrogens (primary N) is 1. The molecule has 1 aromatic rings. The van der Waals surface area contributed by atoms with Gasteiger partial charge in [0.15, 0.2) is 0 Å². The highest BCUT2D eigenvalue weighted by Crippen LogP contribution is 2.33. The standard InChI is InChI=1S/C6H4BrF3N2.C2H6/c7-3-1-4(6(8,9)10)5(11)12-2-3;1-2/h1-2H,(H2,11,12);1-2H3. The van der Waals surface area contributed by atoms with Crippen LogP contribution in [0.3, 0.4) is 0 Å². The summed E-state index contributed by atoms with van der Waals surface area (Å²) in [6.07, 6.45) is -3.23. The van der Waals surface area contributed by atoms with Crippen molar-refractivity contribution in [1.82, 2.24) is 4.98 Å². The number of nitrogens with zero attached hydrogens (tertiary/aromatic N) is 1. The van der Waals surface area contributed by atoms with Crippen molar-refractivity contribution in [2.45, 2.75) is 20.0 Å². The van der Waals surface area contributed by atoms with Gasteiger partial charge in [0.25, 0.3) is 0 Å². The Kier molecular flexibility index (Phi) is 4.90. The molecule has 1 heterocycles. The van der Waals surface area contributed by atoms with Gasteiger partial charge in [0.2, 0.25) is 0 Å². The van der Waals surface area contributed by atoms with Crippen molar-refractivity contribution < 1.29 is 13.2 Å². The van der Waals surface area contributed by atoms with Gasteiger partial charge in [0.05, 0.1) is 5.56 Å². The second kappa shape index (κ2) is 5.19. The first-order chi connectivity index (χ1) is 6.41. The molecule has 0 aliphatic carbocycles. The molecular formula is C8H10BrF3N2. The minimum absolute atomic E-state index is 0.254. The van der Waals surface area contributed by atoms with Crippen LogP contribution in [-0.2, 0) is 6.18 Å². The molecule has 14 heavy (non-hydrogen) atoms. The van der Waals surface area contributed by atoms with E-state index in [0.29, 0.717) is 0 Å². The van der Waals surface area contributed by atoms with Crippen LogP contribution in [0, 0.1) is 0 Å². The van der Waals surface area contributed by atoms with Crippen LogP contribution in [0.1, 0.15) is 19.4 Å². The summed E-state index contributed by atoms with van der Waals surface area (Å²) in [7, 11) is 0. The Morgan fingerprint density at radius 1 is 1.36 bits per heavy atom. The minimum atomic E-state index is -4.44. The number of anilines is 1. The average molecular weight is 271 g/mol. The van der Waals surface area contributed by atoms with Crippen molar-refractivity contribution in [3.8, 4) is 0 Å². The predicted molar refractivity (Wildman–Crippen MR) is 52.7 cm³/mol. The van der Waals surface area contributed by atoms with Crippen molar-refractivity contribution in [2.75, 3.05) is 5.73 Å². The lowest BCUT2D eigenvalue weighted by Gasteiger charge is -2.08. The van der Waals surface area contributed by atoms with Crippen molar-refractivity contribution >= 4 is 21.7 Å². The molecule has 0 radical (unpaired) electrons. The molecule has 0 aliphatic heterocycles. The molecule has 2 N–H and O–H groups in total. The van der Waals surface area contributed by atoms with Crippen molar-refractivity contribution in [3.63, 3.8) is 0 Å². The molecule has 0 saturated carbocycles. The lowest BCUT2D eigenvalue weighted by molar-refractivity contribution is -0.137. The molecule has 1 aromatic heterocycles. The summed E-state index contributed by atoms with van der Waals surface area (Å²) < 4.78 is 36.5. The Hall–Kier alpha value is -0.780. The molecule has 0 atom stereocenters. The first-order valence-electron chi connectivity index (χ1n) is 3.89. The molecule has 0 bridgehead atoms. The van der Waals surface area contributed by atoms with Gasteiger partial charge in [-0.15, -0.1) is 0 Å². The van der Waals surface area contributed by atoms with Crippen LogP contribution in [0.5, 0.6) is 0 Å². The molecular weight excluding hydrogens is 261 g/mol. The van der Waals surface area contributed by atoms with Gasteiger partial charge in [-0.2, -0.15) is 13.2 Å². The summed E-state index contributed by atoms with van der Waals surface area (Å²) in [4.78, 5) is 3.36. The molecule has 0 fully saturated rings. The fourth-order valence-corrected chi connectivity index (χ4v) is 1.01. The first-order valence-corrected chi connectivity index (χ1v) is 4.69. The molecule has 0 saturated heterocycles. The quantitative estimate of drug-likeness (QED) is 0.784. The highest BCUT2D eigenvalue weighted by Gasteiger charge is 2.33. The van der Waals surface area contributed by atoms with Gasteiger partial charge in [-0.05, 0) is 22.0 Å². The Labute approximate surface area is 88.5 Å². The third-order valence-corrected chi connectivity index (χ3v) is 1.62. The SMILES string of the molecule is CC.Nc1ncc(Br)cc1C(F)(F)F. The van der Waals surface area contributed by atoms with E-state index in [-0.39, 0.29) is 4.47 Å². The van der Waals surface area contributed by atoms with Gasteiger partial charge in [0, 0.05) is 10.7 Å². The van der Waals surface area contributed by atoms with Crippen LogP contribution >= 0.6 is 15.9 Å². The molecule has 1 rings (SSSR count). The van der Waals surface area contributed by atoms with E-state index in [4.69, 9.17) is 5.73 Å². The van der Waals surface area contributed by atoms with Crippen LogP contribution in [-0.4, -0.2) is 4.98 Å². The highest BCUT2D eigenvalue weighted by atomic mass is 79.9. The maximum atomic E-state index is 12.1. The number of nitrogen functional groups attached to an aromatic ring is 1. The summed E-state index contributed by atoms with van der Waals surface area (Å²) in [5.74, 6) is -0.509. The van der Waals surface area contributed by atoms with Gasteiger partial charge < -0.3 is 5.73 Å². The minimum Gasteiger partial charge on any atom is -0.383 e. The largest absolute Gasteiger partial charge is 0.419 e. The second-order valence-corrected chi connectivity index (χ2v) is 3.00. The highest BCUT2D eigenvalue weighted by molar-refractivity contribution is 9.10. The smallest absolute Gasteiger partial charge is 0.383 e. The zero-order chi connectivity index (χ0) is 11.4. The van der Waals surface area contributed by atoms with E-state index >= 15 is 0 Å². The molecule has 0 spiro atoms. The van der Waals surface area contributed by atoms with Gasteiger partial charge in [0.1, 0.15) is 5.82 Å². The molecule has 2 nitrogen and oxygen atoms in total. The lowest BCUT2D eigenvalue weighted by Crippen LogP contribution is -2.10. The van der Waals surface area contributed by atoms with Gasteiger partial charge in [-0.25, -0.2) is 4.98 Å². The Morgan fingerprint density at radius 2 is 1.86 bits per heavy atom. The lowest BCUT2D eigenvalue weighted by atomic mass is 10.2. The molecule has 0 amide bonds. The van der Waals surface area contributed by atoms with E-state index in [9.17, 15) is 13.2 Å². The van der Waals surface area contributed by atoms with Crippen LogP contribution < -0.4 is 5.73 Å². The number of hydrogen-bond donors (Lipinski definition) is 1. The van der Waals surface area contributed by atoms with Crippen LogP contribution in [0.25, 0.3) is 0 Å². The normalized spacial score (nSPS) is 10.4. The number of halogens is 4. The third kappa shape index (κ3) is 3.53. The molecule has 0 aromatic carbocycles. The van der Waals surface area contributed by atoms with Crippen LogP contribution in [0.4, 0.5) is 19.0 Å². The van der Waals surface area contributed by atoms with E-state index in [2.05, 4.69) is 20.9 Å². The summed E-state index contributed by atoms with van der Waals surface area (Å²) in [6.45, 7) is 4.00. The maximum Gasteiger partial charge on any atom is 0.419 e. The molecule has 0 aliphatic rings. The monoisotopic (exact) mass is 270 g/mol. The number of rotatable bonds is 0. The van der Waals surface area contributed by atoms with E-state index in [1.807, 2.05) is 13.8 Å². The van der Waals surface area contributed by atoms with E-state index < -0.39 is 17.6 Å². The van der Waals surface area contributed by atoms with E-state index in [0.717, 1.165) is 6.07 Å². The molecule has 6 heteroatoms. The van der Waals surface area contributed by atoms with Gasteiger partial charge in [-0.3, -0.25) is 0 Å². The average Bonchev–Trinajstić information content (AvgIpc) is 2.11. The molecule has 80 valence electrons. The number of aromatic nitrogens is 1. The maximum absolute atomic E-state index is 12.1. The third-order valence-electron chi connectivity index (χ3n) is 1.19. The summed E-state index contributed by atoms with van der Waals surface area (Å²) in [5, 5.41) is 0. The van der Waals surface area contributed by atoms with Gasteiger partial charge >= 0.3 is 6.18 Å². The number of hydrogen-bond acceptors (Lipinski definition) is 2. The van der Waals surface area contributed by atoms with Gasteiger partial charge in [-0.1, -0.05) is 13.8 Å². The Balaban J connectivity index is 0.000000791. The topological polar surface area (TPSA) is 38.9 Å². The number of pyridine rings is 1. The van der Waals surface area contributed by atoms with Crippen LogP contribution in [0.15, 0.2) is 16.7 Å². The Morgan fingerprint density at radius 3 is 2.21 bits per heavy atom. The zero-order valence-electron chi connectivity index (χ0n) is 7.69. The summed E-state index contributed by atoms with van der Waals surface area (Å²) in [6, 6.07) is 0.891. The van der Waals surface area contributed by atoms with Crippen molar-refractivity contribution in [1.29, 1.82) is 0 Å². The van der Waals surface area contributed by atoms with Crippen LogP contribution in [0.2, 0.25) is 0 Å². The summed E-state index contributed by atoms with van der Waals surface area (Å²) in [5.41, 5.74) is 4.10. The van der Waals surface area contributed by atoms with E-state index in [1.165, 1.54) is 6.20 Å².